The Morgan fingerprint density at radius 1 is 0.349 bits per heavy atom. The van der Waals surface area contributed by atoms with Crippen LogP contribution in [-0.2, 0) is 0 Å². The van der Waals surface area contributed by atoms with Crippen LogP contribution in [0.4, 0.5) is 0 Å². The lowest BCUT2D eigenvalue weighted by atomic mass is 9.85. The molecule has 0 N–H and O–H groups in total. The number of nitrogens with zero attached hydrogens (tertiary/aromatic N) is 2. The first-order valence-electron chi connectivity index (χ1n) is 14.7. The Morgan fingerprint density at radius 2 is 0.837 bits per heavy atom. The highest BCUT2D eigenvalue weighted by Gasteiger charge is 2.16. The number of aryl methyl sites for hydroxylation is 1. The molecule has 0 unspecified atom stereocenters. The summed E-state index contributed by atoms with van der Waals surface area (Å²) >= 11 is 0. The second-order valence-electron chi connectivity index (χ2n) is 11.1. The summed E-state index contributed by atoms with van der Waals surface area (Å²) in [6.45, 7) is 2.01. The summed E-state index contributed by atoms with van der Waals surface area (Å²) in [6.07, 6.45) is 0. The number of fused-ring (bicyclic) bond motifs is 3. The van der Waals surface area contributed by atoms with Crippen LogP contribution in [0.2, 0.25) is 0 Å². The fourth-order valence-corrected chi connectivity index (χ4v) is 6.34. The van der Waals surface area contributed by atoms with Crippen LogP contribution >= 0.6 is 0 Å². The number of pyridine rings is 2. The van der Waals surface area contributed by atoms with Gasteiger partial charge in [0.15, 0.2) is 0 Å². The third-order valence-corrected chi connectivity index (χ3v) is 8.32. The summed E-state index contributed by atoms with van der Waals surface area (Å²) in [7, 11) is 0. The second kappa shape index (κ2) is 10.3. The smallest absolute Gasteiger partial charge is 0.0893 e. The van der Waals surface area contributed by atoms with Crippen molar-refractivity contribution in [2.24, 2.45) is 0 Å². The first kappa shape index (κ1) is 25.1. The molecule has 2 heteroatoms. The molecule has 0 atom stereocenters. The van der Waals surface area contributed by atoms with E-state index in [-0.39, 0.29) is 0 Å². The highest BCUT2D eigenvalue weighted by Crippen LogP contribution is 2.44. The third kappa shape index (κ3) is 4.45. The molecule has 43 heavy (non-hydrogen) atoms. The molecule has 6 aromatic carbocycles. The summed E-state index contributed by atoms with van der Waals surface area (Å²) < 4.78 is 0. The molecule has 0 aliphatic rings. The van der Waals surface area contributed by atoms with Crippen LogP contribution in [0.1, 0.15) is 5.69 Å². The molecule has 8 rings (SSSR count). The van der Waals surface area contributed by atoms with Crippen LogP contribution in [0.5, 0.6) is 0 Å². The lowest BCUT2D eigenvalue weighted by Crippen LogP contribution is -1.92. The van der Waals surface area contributed by atoms with Gasteiger partial charge in [-0.1, -0.05) is 115 Å². The average Bonchev–Trinajstić information content (AvgIpc) is 3.07. The van der Waals surface area contributed by atoms with Crippen molar-refractivity contribution in [1.29, 1.82) is 0 Å². The van der Waals surface area contributed by atoms with Crippen molar-refractivity contribution in [2.45, 2.75) is 6.92 Å². The molecule has 0 spiro atoms. The maximum Gasteiger partial charge on any atom is 0.0893 e. The van der Waals surface area contributed by atoms with Gasteiger partial charge in [-0.25, -0.2) is 4.98 Å². The van der Waals surface area contributed by atoms with E-state index in [1.165, 1.54) is 54.6 Å². The van der Waals surface area contributed by atoms with Gasteiger partial charge in [0.2, 0.25) is 0 Å². The Labute approximate surface area is 251 Å². The molecule has 0 bridgehead atoms. The van der Waals surface area contributed by atoms with E-state index in [1.54, 1.807) is 0 Å². The average molecular weight is 549 g/mol. The number of rotatable bonds is 4. The van der Waals surface area contributed by atoms with E-state index in [2.05, 4.69) is 132 Å². The zero-order chi connectivity index (χ0) is 28.8. The summed E-state index contributed by atoms with van der Waals surface area (Å²) in [5, 5.41) is 7.47. The molecule has 2 nitrogen and oxygen atoms in total. The highest BCUT2D eigenvalue weighted by atomic mass is 14.8. The van der Waals surface area contributed by atoms with Gasteiger partial charge in [0.1, 0.15) is 0 Å². The Morgan fingerprint density at radius 3 is 1.47 bits per heavy atom. The van der Waals surface area contributed by atoms with Crippen molar-refractivity contribution in [3.63, 3.8) is 0 Å². The van der Waals surface area contributed by atoms with Gasteiger partial charge in [-0.2, -0.15) is 0 Å². The van der Waals surface area contributed by atoms with Gasteiger partial charge in [0.05, 0.1) is 17.1 Å². The molecular formula is C41H28N2. The van der Waals surface area contributed by atoms with Crippen molar-refractivity contribution in [1.82, 2.24) is 9.97 Å². The van der Waals surface area contributed by atoms with Gasteiger partial charge in [-0.3, -0.25) is 4.98 Å². The lowest BCUT2D eigenvalue weighted by molar-refractivity contribution is 1.18. The van der Waals surface area contributed by atoms with Crippen LogP contribution in [0.15, 0.2) is 152 Å². The van der Waals surface area contributed by atoms with Crippen LogP contribution in [0, 0.1) is 6.92 Å². The minimum Gasteiger partial charge on any atom is -0.251 e. The molecule has 2 aromatic heterocycles. The first-order valence-corrected chi connectivity index (χ1v) is 14.7. The van der Waals surface area contributed by atoms with Gasteiger partial charge >= 0.3 is 0 Å². The van der Waals surface area contributed by atoms with Crippen molar-refractivity contribution in [2.75, 3.05) is 0 Å². The largest absolute Gasteiger partial charge is 0.251 e. The maximum absolute atomic E-state index is 4.97. The van der Waals surface area contributed by atoms with E-state index in [1.807, 2.05) is 31.2 Å². The zero-order valence-corrected chi connectivity index (χ0v) is 23.8. The van der Waals surface area contributed by atoms with Gasteiger partial charge in [0.25, 0.3) is 0 Å². The fourth-order valence-electron chi connectivity index (χ4n) is 6.34. The predicted octanol–water partition coefficient (Wildman–Crippen LogP) is 10.9. The monoisotopic (exact) mass is 548 g/mol. The van der Waals surface area contributed by atoms with Crippen molar-refractivity contribution >= 4 is 32.3 Å². The Hall–Kier alpha value is -5.60. The molecule has 8 aromatic rings. The zero-order valence-electron chi connectivity index (χ0n) is 23.8. The summed E-state index contributed by atoms with van der Waals surface area (Å²) in [6, 6.07) is 54.1. The van der Waals surface area contributed by atoms with E-state index in [0.717, 1.165) is 28.3 Å². The fraction of sp³-hybridized carbons (Fsp3) is 0.0244. The summed E-state index contributed by atoms with van der Waals surface area (Å²) in [5.74, 6) is 0. The van der Waals surface area contributed by atoms with Gasteiger partial charge < -0.3 is 0 Å². The highest BCUT2D eigenvalue weighted by molar-refractivity contribution is 6.21. The quantitative estimate of drug-likeness (QED) is 0.204. The van der Waals surface area contributed by atoms with E-state index in [0.29, 0.717) is 0 Å². The molecule has 202 valence electrons. The van der Waals surface area contributed by atoms with Crippen molar-refractivity contribution in [3.05, 3.63) is 157 Å². The standard InChI is InChI=1S/C41H28N2/c1-27-11-9-19-38(42-27)39-20-10-18-37(43-39)31-23-21-30-26-32(24-22-29(30)25-31)41-35-16-7-5-14-33(35)40(28-12-3-2-4-13-28)34-15-6-8-17-36(34)41/h2-26H,1H3. The lowest BCUT2D eigenvalue weighted by Gasteiger charge is -2.18. The van der Waals surface area contributed by atoms with Crippen molar-refractivity contribution in [3.8, 4) is 44.9 Å². The summed E-state index contributed by atoms with van der Waals surface area (Å²) in [5.41, 5.74) is 9.83. The van der Waals surface area contributed by atoms with E-state index < -0.39 is 0 Å². The maximum atomic E-state index is 4.97. The SMILES string of the molecule is Cc1cccc(-c2cccc(-c3ccc4cc(-c5c6ccccc6c(-c6ccccc6)c6ccccc56)ccc4c3)n2)n1. The molecule has 0 saturated heterocycles. The Balaban J connectivity index is 1.27. The minimum absolute atomic E-state index is 0.884. The van der Waals surface area contributed by atoms with Crippen LogP contribution < -0.4 is 0 Å². The Bertz CT molecular complexity index is 2240. The molecule has 0 radical (unpaired) electrons. The van der Waals surface area contributed by atoms with Crippen molar-refractivity contribution < 1.29 is 0 Å². The second-order valence-corrected chi connectivity index (χ2v) is 11.1. The number of aromatic nitrogens is 2. The van der Waals surface area contributed by atoms with Crippen LogP contribution in [-0.4, -0.2) is 9.97 Å². The van der Waals surface area contributed by atoms with E-state index >= 15 is 0 Å². The van der Waals surface area contributed by atoms with Gasteiger partial charge in [-0.15, -0.1) is 0 Å². The molecular weight excluding hydrogens is 520 g/mol. The molecule has 0 fully saturated rings. The number of hydrogen-bond donors (Lipinski definition) is 0. The molecule has 0 aliphatic carbocycles. The van der Waals surface area contributed by atoms with Crippen LogP contribution in [0.25, 0.3) is 77.2 Å². The molecule has 0 saturated carbocycles. The van der Waals surface area contributed by atoms with Gasteiger partial charge in [-0.05, 0) is 97.9 Å². The first-order chi connectivity index (χ1) is 21.2. The normalized spacial score (nSPS) is 11.4. The summed E-state index contributed by atoms with van der Waals surface area (Å²) in [4.78, 5) is 9.64. The predicted molar refractivity (Wildman–Crippen MR) is 181 cm³/mol. The Kier molecular flexibility index (Phi) is 6.05. The molecule has 0 aliphatic heterocycles. The number of benzene rings is 6. The van der Waals surface area contributed by atoms with Gasteiger partial charge in [0, 0.05) is 11.3 Å². The topological polar surface area (TPSA) is 25.8 Å². The van der Waals surface area contributed by atoms with E-state index in [4.69, 9.17) is 4.98 Å². The number of hydrogen-bond acceptors (Lipinski definition) is 2. The third-order valence-electron chi connectivity index (χ3n) is 8.32. The van der Waals surface area contributed by atoms with Crippen LogP contribution in [0.3, 0.4) is 0 Å². The molecule has 0 amide bonds. The van der Waals surface area contributed by atoms with E-state index in [9.17, 15) is 0 Å². The molecule has 2 heterocycles. The minimum atomic E-state index is 0.884.